The van der Waals surface area contributed by atoms with Gasteiger partial charge in [0.1, 0.15) is 5.82 Å². The van der Waals surface area contributed by atoms with Gasteiger partial charge in [0, 0.05) is 12.6 Å². The molecule has 1 N–H and O–H groups in total. The molecule has 0 aliphatic heterocycles. The van der Waals surface area contributed by atoms with Crippen LogP contribution in [0.15, 0.2) is 17.1 Å². The van der Waals surface area contributed by atoms with Gasteiger partial charge in [0.05, 0.1) is 11.7 Å². The Morgan fingerprint density at radius 1 is 1.50 bits per heavy atom. The molecular weight excluding hydrogens is 209 g/mol. The van der Waals surface area contributed by atoms with Gasteiger partial charge < -0.3 is 4.98 Å². The van der Waals surface area contributed by atoms with E-state index in [1.54, 1.807) is 4.57 Å². The first-order chi connectivity index (χ1) is 7.72. The summed E-state index contributed by atoms with van der Waals surface area (Å²) in [5.74, 6) is -0.436. The molecule has 2 aromatic rings. The lowest BCUT2D eigenvalue weighted by Crippen LogP contribution is -2.17. The zero-order chi connectivity index (χ0) is 11.5. The van der Waals surface area contributed by atoms with Crippen molar-refractivity contribution in [2.24, 2.45) is 0 Å². The van der Waals surface area contributed by atoms with Crippen LogP contribution in [0.3, 0.4) is 0 Å². The van der Waals surface area contributed by atoms with E-state index in [0.717, 1.165) is 25.5 Å². The highest BCUT2D eigenvalue weighted by Crippen LogP contribution is 2.09. The monoisotopic (exact) mass is 223 g/mol. The second kappa shape index (κ2) is 4.47. The van der Waals surface area contributed by atoms with E-state index in [-0.39, 0.29) is 5.69 Å². The summed E-state index contributed by atoms with van der Waals surface area (Å²) in [7, 11) is 0. The first-order valence-corrected chi connectivity index (χ1v) is 5.46. The normalized spacial score (nSPS) is 11.1. The summed E-state index contributed by atoms with van der Waals surface area (Å²) < 4.78 is 14.5. The molecular formula is C11H14FN3O. The van der Waals surface area contributed by atoms with Gasteiger partial charge in [-0.05, 0) is 6.42 Å². The molecule has 0 bridgehead atoms. The van der Waals surface area contributed by atoms with E-state index < -0.39 is 5.82 Å². The Labute approximate surface area is 92.1 Å². The summed E-state index contributed by atoms with van der Waals surface area (Å²) in [5.41, 5.74) is 0.771. The number of hydrogen-bond acceptors (Lipinski definition) is 2. The Balaban J connectivity index is 2.36. The van der Waals surface area contributed by atoms with E-state index in [1.807, 2.05) is 0 Å². The standard InChI is InChI=1S/C11H14FN3O/c1-2-3-4-5-15-10-9(14-11(15)16)6-8(12)7-13-10/h6-7H,2-5H2,1H3,(H,14,16). The van der Waals surface area contributed by atoms with Crippen molar-refractivity contribution in [3.8, 4) is 0 Å². The number of nitrogens with zero attached hydrogens (tertiary/aromatic N) is 2. The lowest BCUT2D eigenvalue weighted by molar-refractivity contribution is 0.595. The fourth-order valence-electron chi connectivity index (χ4n) is 1.75. The van der Waals surface area contributed by atoms with Gasteiger partial charge >= 0.3 is 5.69 Å². The minimum absolute atomic E-state index is 0.218. The maximum atomic E-state index is 12.9. The first kappa shape index (κ1) is 10.9. The largest absolute Gasteiger partial charge is 0.327 e. The molecule has 5 heteroatoms. The van der Waals surface area contributed by atoms with Gasteiger partial charge in [0.25, 0.3) is 0 Å². The SMILES string of the molecule is CCCCCn1c(=O)[nH]c2cc(F)cnc21. The maximum Gasteiger partial charge on any atom is 0.327 e. The van der Waals surface area contributed by atoms with Crippen LogP contribution in [0.1, 0.15) is 26.2 Å². The summed E-state index contributed by atoms with van der Waals surface area (Å²) in [6.07, 6.45) is 4.23. The quantitative estimate of drug-likeness (QED) is 0.806. The van der Waals surface area contributed by atoms with E-state index >= 15 is 0 Å². The number of halogens is 1. The highest BCUT2D eigenvalue weighted by atomic mass is 19.1. The van der Waals surface area contributed by atoms with Crippen molar-refractivity contribution in [1.82, 2.24) is 14.5 Å². The molecule has 4 nitrogen and oxygen atoms in total. The summed E-state index contributed by atoms with van der Waals surface area (Å²) in [4.78, 5) is 18.1. The Morgan fingerprint density at radius 3 is 3.06 bits per heavy atom. The van der Waals surface area contributed by atoms with Crippen molar-refractivity contribution in [3.63, 3.8) is 0 Å². The second-order valence-electron chi connectivity index (χ2n) is 3.81. The molecule has 0 amide bonds. The van der Waals surface area contributed by atoms with Crippen molar-refractivity contribution in [1.29, 1.82) is 0 Å². The fraction of sp³-hybridized carbons (Fsp3) is 0.455. The number of aryl methyl sites for hydroxylation is 1. The molecule has 0 aliphatic carbocycles. The summed E-state index contributed by atoms with van der Waals surface area (Å²) in [6, 6.07) is 1.29. The zero-order valence-electron chi connectivity index (χ0n) is 9.16. The minimum Gasteiger partial charge on any atom is -0.304 e. The predicted octanol–water partition coefficient (Wildman–Crippen LogP) is 2.05. The van der Waals surface area contributed by atoms with Gasteiger partial charge in [-0.1, -0.05) is 19.8 Å². The molecule has 0 aromatic carbocycles. The Morgan fingerprint density at radius 2 is 2.31 bits per heavy atom. The van der Waals surface area contributed by atoms with Gasteiger partial charge in [-0.15, -0.1) is 0 Å². The molecule has 0 fully saturated rings. The van der Waals surface area contributed by atoms with E-state index in [0.29, 0.717) is 17.7 Å². The third-order valence-electron chi connectivity index (χ3n) is 2.56. The topological polar surface area (TPSA) is 50.7 Å². The van der Waals surface area contributed by atoms with Gasteiger partial charge in [-0.25, -0.2) is 14.2 Å². The number of aromatic nitrogens is 3. The van der Waals surface area contributed by atoms with Crippen LogP contribution in [0.2, 0.25) is 0 Å². The van der Waals surface area contributed by atoms with Crippen LogP contribution in [0.25, 0.3) is 11.2 Å². The number of rotatable bonds is 4. The Kier molecular flexibility index (Phi) is 3.03. The Bertz CT molecular complexity index is 544. The third-order valence-corrected chi connectivity index (χ3v) is 2.56. The number of H-pyrrole nitrogens is 1. The molecule has 0 spiro atoms. The van der Waals surface area contributed by atoms with E-state index in [9.17, 15) is 9.18 Å². The highest BCUT2D eigenvalue weighted by molar-refractivity contribution is 5.70. The van der Waals surface area contributed by atoms with E-state index in [2.05, 4.69) is 16.9 Å². The van der Waals surface area contributed by atoms with Crippen LogP contribution in [0.4, 0.5) is 4.39 Å². The highest BCUT2D eigenvalue weighted by Gasteiger charge is 2.07. The number of nitrogens with one attached hydrogen (secondary N) is 1. The minimum atomic E-state index is -0.436. The number of pyridine rings is 1. The average molecular weight is 223 g/mol. The predicted molar refractivity (Wildman–Crippen MR) is 59.8 cm³/mol. The maximum absolute atomic E-state index is 12.9. The van der Waals surface area contributed by atoms with Gasteiger partial charge in [-0.3, -0.25) is 4.57 Å². The number of fused-ring (bicyclic) bond motifs is 1. The van der Waals surface area contributed by atoms with Gasteiger partial charge in [0.15, 0.2) is 5.65 Å². The number of aromatic amines is 1. The molecule has 0 atom stereocenters. The van der Waals surface area contributed by atoms with Crippen LogP contribution in [-0.2, 0) is 6.54 Å². The smallest absolute Gasteiger partial charge is 0.304 e. The van der Waals surface area contributed by atoms with Gasteiger partial charge in [0.2, 0.25) is 0 Å². The third kappa shape index (κ3) is 1.98. The fourth-order valence-corrected chi connectivity index (χ4v) is 1.75. The molecule has 16 heavy (non-hydrogen) atoms. The van der Waals surface area contributed by atoms with Crippen molar-refractivity contribution < 1.29 is 4.39 Å². The molecule has 0 radical (unpaired) electrons. The number of imidazole rings is 1. The summed E-state index contributed by atoms with van der Waals surface area (Å²) >= 11 is 0. The summed E-state index contributed by atoms with van der Waals surface area (Å²) in [5, 5.41) is 0. The van der Waals surface area contributed by atoms with Crippen LogP contribution in [-0.4, -0.2) is 14.5 Å². The Hall–Kier alpha value is -1.65. The molecule has 2 heterocycles. The van der Waals surface area contributed by atoms with Crippen LogP contribution >= 0.6 is 0 Å². The van der Waals surface area contributed by atoms with Crippen molar-refractivity contribution in [2.45, 2.75) is 32.7 Å². The molecule has 0 unspecified atom stereocenters. The summed E-state index contributed by atoms with van der Waals surface area (Å²) in [6.45, 7) is 2.73. The number of unbranched alkanes of at least 4 members (excludes halogenated alkanes) is 2. The average Bonchev–Trinajstić information content (AvgIpc) is 2.55. The number of hydrogen-bond donors (Lipinski definition) is 1. The van der Waals surface area contributed by atoms with Crippen LogP contribution in [0.5, 0.6) is 0 Å². The zero-order valence-corrected chi connectivity index (χ0v) is 9.16. The van der Waals surface area contributed by atoms with Crippen LogP contribution < -0.4 is 5.69 Å². The molecule has 2 rings (SSSR count). The lowest BCUT2D eigenvalue weighted by atomic mass is 10.2. The molecule has 0 saturated heterocycles. The van der Waals surface area contributed by atoms with E-state index in [4.69, 9.17) is 0 Å². The molecule has 86 valence electrons. The lowest BCUT2D eigenvalue weighted by Gasteiger charge is -2.01. The molecule has 2 aromatic heterocycles. The first-order valence-electron chi connectivity index (χ1n) is 5.46. The molecule has 0 saturated carbocycles. The van der Waals surface area contributed by atoms with Crippen molar-refractivity contribution in [3.05, 3.63) is 28.6 Å². The molecule has 0 aliphatic rings. The van der Waals surface area contributed by atoms with Gasteiger partial charge in [-0.2, -0.15) is 0 Å². The second-order valence-corrected chi connectivity index (χ2v) is 3.81. The van der Waals surface area contributed by atoms with Crippen molar-refractivity contribution in [2.75, 3.05) is 0 Å². The van der Waals surface area contributed by atoms with Crippen LogP contribution in [0, 0.1) is 5.82 Å². The van der Waals surface area contributed by atoms with Crippen molar-refractivity contribution >= 4 is 11.2 Å². The van der Waals surface area contributed by atoms with E-state index in [1.165, 1.54) is 6.07 Å².